The molecule has 0 unspecified atom stereocenters. The Hall–Kier alpha value is -0.0500. The van der Waals surface area contributed by atoms with Crippen LogP contribution < -0.4 is 5.32 Å². The van der Waals surface area contributed by atoms with Gasteiger partial charge >= 0.3 is 0 Å². The van der Waals surface area contributed by atoms with E-state index in [-0.39, 0.29) is 5.41 Å². The standard InChI is InChI=1S/C12H20ClNS/c1-3-12(4-2,9-13)10-14-8-11-6-5-7-15-11/h5-7,14H,3-4,8-10H2,1-2H3. The van der Waals surface area contributed by atoms with E-state index in [4.69, 9.17) is 11.6 Å². The van der Waals surface area contributed by atoms with Crippen LogP contribution in [0.15, 0.2) is 17.5 Å². The number of alkyl halides is 1. The van der Waals surface area contributed by atoms with Gasteiger partial charge in [-0.05, 0) is 29.7 Å². The highest BCUT2D eigenvalue weighted by molar-refractivity contribution is 7.09. The molecule has 1 heterocycles. The maximum absolute atomic E-state index is 6.05. The van der Waals surface area contributed by atoms with Crippen molar-refractivity contribution < 1.29 is 0 Å². The summed E-state index contributed by atoms with van der Waals surface area (Å²) in [4.78, 5) is 1.39. The summed E-state index contributed by atoms with van der Waals surface area (Å²) in [6.07, 6.45) is 2.29. The van der Waals surface area contributed by atoms with E-state index in [1.807, 2.05) is 0 Å². The summed E-state index contributed by atoms with van der Waals surface area (Å²) in [6, 6.07) is 4.26. The average Bonchev–Trinajstić information content (AvgIpc) is 2.78. The van der Waals surface area contributed by atoms with Crippen LogP contribution in [-0.4, -0.2) is 12.4 Å². The van der Waals surface area contributed by atoms with Gasteiger partial charge in [-0.2, -0.15) is 0 Å². The van der Waals surface area contributed by atoms with E-state index >= 15 is 0 Å². The lowest BCUT2D eigenvalue weighted by Gasteiger charge is -2.29. The van der Waals surface area contributed by atoms with Gasteiger partial charge in [-0.1, -0.05) is 19.9 Å². The summed E-state index contributed by atoms with van der Waals surface area (Å²) >= 11 is 7.85. The Morgan fingerprint density at radius 2 is 2.13 bits per heavy atom. The average molecular weight is 246 g/mol. The van der Waals surface area contributed by atoms with Crippen LogP contribution in [0.1, 0.15) is 31.6 Å². The van der Waals surface area contributed by atoms with Crippen molar-refractivity contribution in [3.8, 4) is 0 Å². The quantitative estimate of drug-likeness (QED) is 0.719. The monoisotopic (exact) mass is 245 g/mol. The first-order valence-corrected chi connectivity index (χ1v) is 6.97. The van der Waals surface area contributed by atoms with E-state index in [0.717, 1.165) is 31.8 Å². The Balaban J connectivity index is 2.34. The minimum absolute atomic E-state index is 0.277. The van der Waals surface area contributed by atoms with Crippen molar-refractivity contribution >= 4 is 22.9 Å². The fraction of sp³-hybridized carbons (Fsp3) is 0.667. The molecule has 1 aromatic rings. The fourth-order valence-corrected chi connectivity index (χ4v) is 2.75. The summed E-state index contributed by atoms with van der Waals surface area (Å²) in [7, 11) is 0. The number of rotatable bonds is 7. The topological polar surface area (TPSA) is 12.0 Å². The highest BCUT2D eigenvalue weighted by Gasteiger charge is 2.24. The van der Waals surface area contributed by atoms with E-state index in [1.54, 1.807) is 11.3 Å². The number of hydrogen-bond acceptors (Lipinski definition) is 2. The Bertz CT molecular complexity index is 246. The lowest BCUT2D eigenvalue weighted by Crippen LogP contribution is -2.34. The first-order chi connectivity index (χ1) is 7.26. The van der Waals surface area contributed by atoms with Gasteiger partial charge in [-0.15, -0.1) is 22.9 Å². The molecular weight excluding hydrogens is 226 g/mol. The zero-order valence-electron chi connectivity index (χ0n) is 9.55. The lowest BCUT2D eigenvalue weighted by atomic mass is 9.84. The fourth-order valence-electron chi connectivity index (χ4n) is 1.60. The van der Waals surface area contributed by atoms with Gasteiger partial charge in [0.05, 0.1) is 0 Å². The van der Waals surface area contributed by atoms with Crippen molar-refractivity contribution in [2.24, 2.45) is 5.41 Å². The van der Waals surface area contributed by atoms with Crippen molar-refractivity contribution in [2.45, 2.75) is 33.2 Å². The molecule has 0 amide bonds. The molecule has 1 rings (SSSR count). The number of halogens is 1. The largest absolute Gasteiger partial charge is 0.311 e. The number of nitrogens with one attached hydrogen (secondary N) is 1. The molecule has 0 radical (unpaired) electrons. The Morgan fingerprint density at radius 3 is 2.60 bits per heavy atom. The smallest absolute Gasteiger partial charge is 0.0299 e. The SMILES string of the molecule is CCC(CC)(CCl)CNCc1cccs1. The van der Waals surface area contributed by atoms with Gasteiger partial charge in [0.25, 0.3) is 0 Å². The van der Waals surface area contributed by atoms with Gasteiger partial charge in [-0.25, -0.2) is 0 Å². The summed E-state index contributed by atoms with van der Waals surface area (Å²) in [6.45, 7) is 6.43. The molecule has 1 aromatic heterocycles. The second-order valence-electron chi connectivity index (χ2n) is 4.02. The molecule has 15 heavy (non-hydrogen) atoms. The Labute approximate surface area is 102 Å². The molecule has 0 aromatic carbocycles. The third-order valence-electron chi connectivity index (χ3n) is 3.16. The van der Waals surface area contributed by atoms with Crippen molar-refractivity contribution in [2.75, 3.05) is 12.4 Å². The van der Waals surface area contributed by atoms with Gasteiger partial charge < -0.3 is 5.32 Å². The molecule has 0 fully saturated rings. The third-order valence-corrected chi connectivity index (χ3v) is 4.61. The minimum Gasteiger partial charge on any atom is -0.311 e. The van der Waals surface area contributed by atoms with Crippen molar-refractivity contribution in [3.05, 3.63) is 22.4 Å². The molecular formula is C12H20ClNS. The van der Waals surface area contributed by atoms with E-state index in [1.165, 1.54) is 4.88 Å². The lowest BCUT2D eigenvalue weighted by molar-refractivity contribution is 0.286. The third kappa shape index (κ3) is 3.78. The molecule has 3 heteroatoms. The minimum atomic E-state index is 0.277. The molecule has 0 atom stereocenters. The molecule has 0 saturated carbocycles. The van der Waals surface area contributed by atoms with E-state index < -0.39 is 0 Å². The van der Waals surface area contributed by atoms with Crippen molar-refractivity contribution in [1.29, 1.82) is 0 Å². The summed E-state index contributed by atoms with van der Waals surface area (Å²) in [5, 5.41) is 5.62. The molecule has 0 bridgehead atoms. The van der Waals surface area contributed by atoms with Crippen LogP contribution >= 0.6 is 22.9 Å². The molecule has 0 saturated heterocycles. The van der Waals surface area contributed by atoms with Gasteiger partial charge in [0.2, 0.25) is 0 Å². The summed E-state index contributed by atoms with van der Waals surface area (Å²) in [5.74, 6) is 0.747. The number of hydrogen-bond donors (Lipinski definition) is 1. The summed E-state index contributed by atoms with van der Waals surface area (Å²) < 4.78 is 0. The normalized spacial score (nSPS) is 11.9. The van der Waals surface area contributed by atoms with Gasteiger partial charge in [0, 0.05) is 23.8 Å². The van der Waals surface area contributed by atoms with Crippen LogP contribution in [0.25, 0.3) is 0 Å². The van der Waals surface area contributed by atoms with Crippen LogP contribution in [0, 0.1) is 5.41 Å². The van der Waals surface area contributed by atoms with Crippen molar-refractivity contribution in [3.63, 3.8) is 0 Å². The molecule has 1 nitrogen and oxygen atoms in total. The highest BCUT2D eigenvalue weighted by atomic mass is 35.5. The van der Waals surface area contributed by atoms with E-state index in [0.29, 0.717) is 0 Å². The van der Waals surface area contributed by atoms with E-state index in [2.05, 4.69) is 36.7 Å². The predicted molar refractivity (Wildman–Crippen MR) is 69.8 cm³/mol. The van der Waals surface area contributed by atoms with E-state index in [9.17, 15) is 0 Å². The summed E-state index contributed by atoms with van der Waals surface area (Å²) in [5.41, 5.74) is 0.277. The zero-order valence-corrected chi connectivity index (χ0v) is 11.1. The Kier molecular flexibility index (Phi) is 5.65. The van der Waals surface area contributed by atoms with Crippen LogP contribution in [-0.2, 0) is 6.54 Å². The maximum Gasteiger partial charge on any atom is 0.0299 e. The molecule has 1 N–H and O–H groups in total. The molecule has 0 spiro atoms. The predicted octanol–water partition coefficient (Wildman–Crippen LogP) is 3.88. The zero-order chi connectivity index (χ0) is 11.1. The van der Waals surface area contributed by atoms with Gasteiger partial charge in [0.1, 0.15) is 0 Å². The maximum atomic E-state index is 6.05. The van der Waals surface area contributed by atoms with Crippen LogP contribution in [0.5, 0.6) is 0 Å². The van der Waals surface area contributed by atoms with Crippen LogP contribution in [0.3, 0.4) is 0 Å². The van der Waals surface area contributed by atoms with Crippen LogP contribution in [0.4, 0.5) is 0 Å². The first-order valence-electron chi connectivity index (χ1n) is 5.55. The molecule has 86 valence electrons. The Morgan fingerprint density at radius 1 is 1.40 bits per heavy atom. The highest BCUT2D eigenvalue weighted by Crippen LogP contribution is 2.27. The van der Waals surface area contributed by atoms with Crippen molar-refractivity contribution in [1.82, 2.24) is 5.32 Å². The molecule has 0 aliphatic rings. The van der Waals surface area contributed by atoms with Gasteiger partial charge in [-0.3, -0.25) is 0 Å². The van der Waals surface area contributed by atoms with Crippen LogP contribution in [0.2, 0.25) is 0 Å². The molecule has 0 aliphatic carbocycles. The van der Waals surface area contributed by atoms with Gasteiger partial charge in [0.15, 0.2) is 0 Å². The second-order valence-corrected chi connectivity index (χ2v) is 5.32. The second kappa shape index (κ2) is 6.51. The number of thiophene rings is 1. The first kappa shape index (κ1) is 13.0. The molecule has 0 aliphatic heterocycles.